The molecule has 2 aliphatic heterocycles. The highest BCUT2D eigenvalue weighted by atomic mass is 16.6. The second kappa shape index (κ2) is 6.76. The first-order valence-corrected chi connectivity index (χ1v) is 8.74. The Kier molecular flexibility index (Phi) is 4.32. The van der Waals surface area contributed by atoms with E-state index in [0.717, 1.165) is 29.2 Å². The Morgan fingerprint density at radius 3 is 2.96 bits per heavy atom. The van der Waals surface area contributed by atoms with E-state index in [4.69, 9.17) is 9.47 Å². The molecule has 0 aliphatic carbocycles. The Labute approximate surface area is 147 Å². The van der Waals surface area contributed by atoms with Crippen molar-refractivity contribution in [3.8, 4) is 11.5 Å². The molecule has 5 heteroatoms. The van der Waals surface area contributed by atoms with Gasteiger partial charge in [0, 0.05) is 30.3 Å². The summed E-state index contributed by atoms with van der Waals surface area (Å²) in [6.07, 6.45) is 1.37. The molecule has 4 rings (SSSR count). The van der Waals surface area contributed by atoms with Gasteiger partial charge < -0.3 is 20.1 Å². The molecule has 1 atom stereocenters. The van der Waals surface area contributed by atoms with Crippen molar-refractivity contribution in [2.45, 2.75) is 32.4 Å². The highest BCUT2D eigenvalue weighted by Gasteiger charge is 2.18. The maximum Gasteiger partial charge on any atom is 0.224 e. The van der Waals surface area contributed by atoms with Crippen LogP contribution in [0.3, 0.4) is 0 Å². The van der Waals surface area contributed by atoms with Gasteiger partial charge in [0.2, 0.25) is 5.91 Å². The quantitative estimate of drug-likeness (QED) is 0.899. The van der Waals surface area contributed by atoms with E-state index in [1.165, 1.54) is 11.1 Å². The molecule has 1 amide bonds. The predicted octanol–water partition coefficient (Wildman–Crippen LogP) is 3.19. The SMILES string of the molecule is CC(NCc1cccc2c1OCCO2)c1ccc2c(c1)CCC(=O)N2. The molecule has 2 N–H and O–H groups in total. The van der Waals surface area contributed by atoms with Gasteiger partial charge in [-0.1, -0.05) is 24.3 Å². The van der Waals surface area contributed by atoms with Crippen LogP contribution in [0, 0.1) is 0 Å². The first kappa shape index (κ1) is 16.0. The number of hydrogen-bond acceptors (Lipinski definition) is 4. The molecule has 0 fully saturated rings. The molecule has 5 nitrogen and oxygen atoms in total. The molecule has 2 heterocycles. The number of fused-ring (bicyclic) bond motifs is 2. The molecule has 0 saturated carbocycles. The molecule has 130 valence electrons. The van der Waals surface area contributed by atoms with E-state index in [-0.39, 0.29) is 11.9 Å². The van der Waals surface area contributed by atoms with E-state index >= 15 is 0 Å². The van der Waals surface area contributed by atoms with E-state index in [0.29, 0.717) is 26.2 Å². The van der Waals surface area contributed by atoms with Crippen LogP contribution in [0.1, 0.15) is 36.1 Å². The molecule has 0 saturated heterocycles. The van der Waals surface area contributed by atoms with Gasteiger partial charge in [-0.25, -0.2) is 0 Å². The lowest BCUT2D eigenvalue weighted by Gasteiger charge is -2.23. The molecular weight excluding hydrogens is 316 g/mol. The summed E-state index contributed by atoms with van der Waals surface area (Å²) in [4.78, 5) is 11.5. The lowest BCUT2D eigenvalue weighted by atomic mass is 9.97. The number of para-hydroxylation sites is 1. The van der Waals surface area contributed by atoms with Crippen molar-refractivity contribution in [1.82, 2.24) is 5.32 Å². The number of carbonyl (C=O) groups is 1. The fourth-order valence-corrected chi connectivity index (χ4v) is 3.33. The zero-order valence-electron chi connectivity index (χ0n) is 14.3. The fraction of sp³-hybridized carbons (Fsp3) is 0.350. The van der Waals surface area contributed by atoms with Crippen LogP contribution in [0.25, 0.3) is 0 Å². The number of rotatable bonds is 4. The molecule has 1 unspecified atom stereocenters. The van der Waals surface area contributed by atoms with Gasteiger partial charge in [-0.3, -0.25) is 4.79 Å². The zero-order chi connectivity index (χ0) is 17.2. The Hall–Kier alpha value is -2.53. The summed E-state index contributed by atoms with van der Waals surface area (Å²) in [7, 11) is 0. The van der Waals surface area contributed by atoms with Gasteiger partial charge in [-0.05, 0) is 36.6 Å². The van der Waals surface area contributed by atoms with Crippen LogP contribution in [0.4, 0.5) is 5.69 Å². The van der Waals surface area contributed by atoms with E-state index in [1.807, 2.05) is 18.2 Å². The molecule has 0 radical (unpaired) electrons. The predicted molar refractivity (Wildman–Crippen MR) is 96.1 cm³/mol. The van der Waals surface area contributed by atoms with Crippen molar-refractivity contribution in [1.29, 1.82) is 0 Å². The van der Waals surface area contributed by atoms with Gasteiger partial charge in [0.25, 0.3) is 0 Å². The fourth-order valence-electron chi connectivity index (χ4n) is 3.33. The Morgan fingerprint density at radius 2 is 2.04 bits per heavy atom. The summed E-state index contributed by atoms with van der Waals surface area (Å²) in [6, 6.07) is 12.5. The van der Waals surface area contributed by atoms with E-state index in [2.05, 4.69) is 35.8 Å². The van der Waals surface area contributed by atoms with Crippen LogP contribution < -0.4 is 20.1 Å². The molecule has 0 bridgehead atoms. The molecule has 2 aromatic rings. The second-order valence-electron chi connectivity index (χ2n) is 6.51. The van der Waals surface area contributed by atoms with Gasteiger partial charge in [-0.2, -0.15) is 0 Å². The number of aryl methyl sites for hydroxylation is 1. The van der Waals surface area contributed by atoms with Crippen LogP contribution in [0.2, 0.25) is 0 Å². The monoisotopic (exact) mass is 338 g/mol. The molecule has 2 aliphatic rings. The van der Waals surface area contributed by atoms with Crippen molar-refractivity contribution in [2.24, 2.45) is 0 Å². The third-order valence-electron chi connectivity index (χ3n) is 4.77. The van der Waals surface area contributed by atoms with E-state index in [9.17, 15) is 4.79 Å². The van der Waals surface area contributed by atoms with Gasteiger partial charge >= 0.3 is 0 Å². The lowest BCUT2D eigenvalue weighted by Crippen LogP contribution is -2.22. The summed E-state index contributed by atoms with van der Waals surface area (Å²) in [5.41, 5.74) is 4.47. The van der Waals surface area contributed by atoms with Crippen LogP contribution >= 0.6 is 0 Å². The number of carbonyl (C=O) groups excluding carboxylic acids is 1. The number of anilines is 1. The van der Waals surface area contributed by atoms with Gasteiger partial charge in [0.15, 0.2) is 11.5 Å². The minimum atomic E-state index is 0.0995. The average molecular weight is 338 g/mol. The van der Waals surface area contributed by atoms with E-state index in [1.54, 1.807) is 0 Å². The summed E-state index contributed by atoms with van der Waals surface area (Å²) >= 11 is 0. The Morgan fingerprint density at radius 1 is 1.16 bits per heavy atom. The largest absolute Gasteiger partial charge is 0.486 e. The maximum atomic E-state index is 11.5. The first-order valence-electron chi connectivity index (χ1n) is 8.74. The normalized spacial score (nSPS) is 16.8. The molecule has 25 heavy (non-hydrogen) atoms. The van der Waals surface area contributed by atoms with Crippen LogP contribution in [-0.4, -0.2) is 19.1 Å². The number of nitrogens with one attached hydrogen (secondary N) is 2. The maximum absolute atomic E-state index is 11.5. The van der Waals surface area contributed by atoms with Gasteiger partial charge in [-0.15, -0.1) is 0 Å². The number of ether oxygens (including phenoxy) is 2. The Bertz CT molecular complexity index is 804. The van der Waals surface area contributed by atoms with Crippen molar-refractivity contribution >= 4 is 11.6 Å². The smallest absolute Gasteiger partial charge is 0.224 e. The summed E-state index contributed by atoms with van der Waals surface area (Å²) < 4.78 is 11.4. The summed E-state index contributed by atoms with van der Waals surface area (Å²) in [6.45, 7) is 4.06. The number of benzene rings is 2. The Balaban J connectivity index is 1.46. The van der Waals surface area contributed by atoms with E-state index < -0.39 is 0 Å². The summed E-state index contributed by atoms with van der Waals surface area (Å²) in [5, 5.41) is 6.49. The molecular formula is C20H22N2O3. The third kappa shape index (κ3) is 3.33. The zero-order valence-corrected chi connectivity index (χ0v) is 14.3. The van der Waals surface area contributed by atoms with Crippen LogP contribution in [0.15, 0.2) is 36.4 Å². The second-order valence-corrected chi connectivity index (χ2v) is 6.51. The third-order valence-corrected chi connectivity index (χ3v) is 4.77. The lowest BCUT2D eigenvalue weighted by molar-refractivity contribution is -0.116. The van der Waals surface area contributed by atoms with Crippen LogP contribution in [0.5, 0.6) is 11.5 Å². The van der Waals surface area contributed by atoms with Gasteiger partial charge in [0.05, 0.1) is 0 Å². The standard InChI is InChI=1S/C20H22N2O3/c1-13(14-5-7-17-15(11-14)6-8-19(23)22-17)21-12-16-3-2-4-18-20(16)25-10-9-24-18/h2-5,7,11,13,21H,6,8-10,12H2,1H3,(H,22,23). The molecule has 0 aromatic heterocycles. The van der Waals surface area contributed by atoms with Gasteiger partial charge in [0.1, 0.15) is 13.2 Å². The van der Waals surface area contributed by atoms with Crippen molar-refractivity contribution in [3.63, 3.8) is 0 Å². The summed E-state index contributed by atoms with van der Waals surface area (Å²) in [5.74, 6) is 1.77. The minimum Gasteiger partial charge on any atom is -0.486 e. The highest BCUT2D eigenvalue weighted by molar-refractivity contribution is 5.93. The highest BCUT2D eigenvalue weighted by Crippen LogP contribution is 2.34. The first-order chi connectivity index (χ1) is 12.2. The van der Waals surface area contributed by atoms with Crippen molar-refractivity contribution in [2.75, 3.05) is 18.5 Å². The average Bonchev–Trinajstić information content (AvgIpc) is 2.65. The van der Waals surface area contributed by atoms with Crippen molar-refractivity contribution in [3.05, 3.63) is 53.1 Å². The van der Waals surface area contributed by atoms with Crippen molar-refractivity contribution < 1.29 is 14.3 Å². The van der Waals surface area contributed by atoms with Crippen LogP contribution in [-0.2, 0) is 17.8 Å². The number of hydrogen-bond donors (Lipinski definition) is 2. The topological polar surface area (TPSA) is 59.6 Å². The molecule has 0 spiro atoms. The minimum absolute atomic E-state index is 0.0995. The number of amides is 1. The molecule has 2 aromatic carbocycles.